The molecule has 28 heteroatoms. The van der Waals surface area contributed by atoms with Crippen molar-refractivity contribution in [1.29, 1.82) is 0 Å². The highest BCUT2D eigenvalue weighted by molar-refractivity contribution is 7.98. The van der Waals surface area contributed by atoms with E-state index in [4.69, 9.17) is 4.55 Å². The van der Waals surface area contributed by atoms with Gasteiger partial charge in [0.05, 0.1) is 46.5 Å². The highest BCUT2D eigenvalue weighted by Crippen LogP contribution is 2.21. The smallest absolute Gasteiger partial charge is 0.388 e. The van der Waals surface area contributed by atoms with Crippen LogP contribution in [0.3, 0.4) is 0 Å². The van der Waals surface area contributed by atoms with E-state index in [9.17, 15) is 64.0 Å². The molecular weight excluding hydrogens is 801 g/mol. The molecule has 0 amide bonds. The number of nitrogens with zero attached hydrogens (tertiary/aromatic N) is 4. The van der Waals surface area contributed by atoms with E-state index < -0.39 is 73.8 Å². The molecule has 1 fully saturated rings. The number of hydrogen-bond acceptors (Lipinski definition) is 18. The molecule has 4 N–H and O–H groups in total. The minimum Gasteiger partial charge on any atom is -0.388 e. The van der Waals surface area contributed by atoms with Gasteiger partial charge in [-0.2, -0.15) is 25.3 Å². The minimum atomic E-state index is -4.71. The van der Waals surface area contributed by atoms with Crippen molar-refractivity contribution in [2.45, 2.75) is 0 Å². The molecular formula is C25H33N6O18S4+. The summed E-state index contributed by atoms with van der Waals surface area (Å²) in [6.07, 6.45) is 0. The summed E-state index contributed by atoms with van der Waals surface area (Å²) in [5.74, 6) is -1.12. The van der Waals surface area contributed by atoms with E-state index in [0.717, 1.165) is 27.8 Å². The number of non-ortho nitro benzene ring substituents is 3. The van der Waals surface area contributed by atoms with E-state index in [1.165, 1.54) is 43.4 Å². The molecule has 4 rings (SSSR count). The standard InChI is InChI=1S/C9H12N2O8S2.2C7H8N2O2.C2H4O6S2/c1-10(8-2-4-9(5-3-8)11(12)13)20(14,15)7-6-19-21(16,17)18;2*1-8-6-2-4-7(5-3-6)9(10)11;3-9(4)2-1-7-10(5,6)8-9/h2-5H,6-7H2,1H3,(H,16,17,18);2*2-5,8H,1H3;1-2H2/p+1. The minimum absolute atomic E-state index is 0.115. The monoisotopic (exact) mass is 833 g/mol. The maximum atomic E-state index is 11.9. The van der Waals surface area contributed by atoms with Crippen LogP contribution in [0.2, 0.25) is 0 Å². The van der Waals surface area contributed by atoms with Gasteiger partial charge in [0.1, 0.15) is 11.4 Å². The molecule has 1 heterocycles. The van der Waals surface area contributed by atoms with E-state index >= 15 is 0 Å². The van der Waals surface area contributed by atoms with Gasteiger partial charge in [-0.15, -0.1) is 3.63 Å². The fourth-order valence-electron chi connectivity index (χ4n) is 3.28. The van der Waals surface area contributed by atoms with Crippen LogP contribution in [-0.2, 0) is 52.9 Å². The number of sulfonamides is 1. The molecule has 1 aliphatic heterocycles. The number of nitrogens with one attached hydrogen (secondary N) is 1. The normalized spacial score (nSPS) is 14.3. The molecule has 0 aromatic heterocycles. The Balaban J connectivity index is 0.000000374. The van der Waals surface area contributed by atoms with E-state index in [0.29, 0.717) is 0 Å². The van der Waals surface area contributed by atoms with E-state index in [1.54, 1.807) is 31.3 Å². The summed E-state index contributed by atoms with van der Waals surface area (Å²) in [4.78, 5) is 29.4. The zero-order valence-corrected chi connectivity index (χ0v) is 30.9. The number of nitrogens with two attached hydrogens (primary N) is 1. The Labute approximate surface area is 303 Å². The third-order valence-corrected chi connectivity index (χ3v) is 10.8. The maximum absolute atomic E-state index is 11.9. The summed E-state index contributed by atoms with van der Waals surface area (Å²) in [6.45, 7) is -1.12. The Morgan fingerprint density at radius 3 is 1.60 bits per heavy atom. The van der Waals surface area contributed by atoms with Crippen molar-refractivity contribution in [3.05, 3.63) is 103 Å². The molecule has 0 spiro atoms. The van der Waals surface area contributed by atoms with Gasteiger partial charge in [0, 0.05) is 68.3 Å². The maximum Gasteiger partial charge on any atom is 0.414 e. The first kappa shape index (κ1) is 46.1. The van der Waals surface area contributed by atoms with Crippen LogP contribution in [0.5, 0.6) is 0 Å². The zero-order chi connectivity index (χ0) is 40.6. The van der Waals surface area contributed by atoms with Crippen LogP contribution in [0.1, 0.15) is 0 Å². The Morgan fingerprint density at radius 1 is 0.830 bits per heavy atom. The molecule has 1 saturated heterocycles. The molecule has 0 atom stereocenters. The second-order valence-electron chi connectivity index (χ2n) is 9.56. The van der Waals surface area contributed by atoms with Crippen molar-refractivity contribution in [3.63, 3.8) is 0 Å². The predicted molar refractivity (Wildman–Crippen MR) is 186 cm³/mol. The number of benzene rings is 3. The molecule has 53 heavy (non-hydrogen) atoms. The third-order valence-electron chi connectivity index (χ3n) is 5.97. The Morgan fingerprint density at radius 2 is 1.26 bits per heavy atom. The van der Waals surface area contributed by atoms with Crippen LogP contribution in [0, 0.1) is 30.3 Å². The van der Waals surface area contributed by atoms with Crippen molar-refractivity contribution in [2.24, 2.45) is 0 Å². The Bertz CT molecular complexity index is 2040. The lowest BCUT2D eigenvalue weighted by Gasteiger charge is -2.18. The number of quaternary nitrogens is 1. The molecule has 0 aliphatic carbocycles. The molecule has 1 aliphatic rings. The van der Waals surface area contributed by atoms with Gasteiger partial charge in [-0.05, 0) is 24.3 Å². The quantitative estimate of drug-likeness (QED) is 0.104. The van der Waals surface area contributed by atoms with E-state index in [2.05, 4.69) is 17.3 Å². The fraction of sp³-hybridized carbons (Fsp3) is 0.280. The first-order chi connectivity index (χ1) is 24.4. The summed E-state index contributed by atoms with van der Waals surface area (Å²) in [6, 6.07) is 17.4. The molecule has 0 unspecified atom stereocenters. The molecule has 294 valence electrons. The fourth-order valence-corrected chi connectivity index (χ4v) is 6.82. The second kappa shape index (κ2) is 20.3. The summed E-state index contributed by atoms with van der Waals surface area (Å²) >= 11 is 0. The molecule has 0 radical (unpaired) electrons. The summed E-state index contributed by atoms with van der Waals surface area (Å²) < 4.78 is 106. The SMILES string of the molecule is CN(c1ccc([N+](=O)[O-])cc1)S(=O)(=O)CCOS(=O)(=O)O.CNc1ccc([N+](=O)[O-])cc1.C[NH2+]c1ccc([N+](=O)[O-])cc1.O=S1(=O)CCOS(=O)(=O)O1. The molecule has 0 saturated carbocycles. The lowest BCUT2D eigenvalue weighted by Crippen LogP contribution is -2.72. The third kappa shape index (κ3) is 17.9. The van der Waals surface area contributed by atoms with Crippen molar-refractivity contribution < 1.29 is 70.3 Å². The van der Waals surface area contributed by atoms with Gasteiger partial charge in [0.15, 0.2) is 0 Å². The Hall–Kier alpha value is -4.94. The highest BCUT2D eigenvalue weighted by atomic mass is 32.3. The second-order valence-corrected chi connectivity index (χ2v) is 15.9. The molecule has 3 aromatic rings. The number of hydrogen-bond donors (Lipinski definition) is 3. The summed E-state index contributed by atoms with van der Waals surface area (Å²) in [5.41, 5.74) is 2.08. The molecule has 3 aromatic carbocycles. The van der Waals surface area contributed by atoms with Crippen LogP contribution in [-0.4, -0.2) is 98.9 Å². The molecule has 24 nitrogen and oxygen atoms in total. The van der Waals surface area contributed by atoms with Gasteiger partial charge >= 0.3 is 20.8 Å². The van der Waals surface area contributed by atoms with E-state index in [-0.39, 0.29) is 29.4 Å². The first-order valence-electron chi connectivity index (χ1n) is 14.0. The van der Waals surface area contributed by atoms with E-state index in [1.807, 2.05) is 12.4 Å². The summed E-state index contributed by atoms with van der Waals surface area (Å²) in [5, 5.41) is 35.6. The van der Waals surface area contributed by atoms with Crippen molar-refractivity contribution >= 4 is 75.1 Å². The van der Waals surface area contributed by atoms with Gasteiger partial charge in [-0.1, -0.05) is 0 Å². The summed E-state index contributed by atoms with van der Waals surface area (Å²) in [7, 11) is -11.9. The lowest BCUT2D eigenvalue weighted by atomic mass is 10.3. The van der Waals surface area contributed by atoms with Crippen molar-refractivity contribution in [1.82, 2.24) is 0 Å². The van der Waals surface area contributed by atoms with Crippen LogP contribution >= 0.6 is 0 Å². The number of anilines is 2. The zero-order valence-electron chi connectivity index (χ0n) is 27.6. The van der Waals surface area contributed by atoms with Gasteiger partial charge in [0.2, 0.25) is 10.0 Å². The number of nitro benzene ring substituents is 3. The van der Waals surface area contributed by atoms with Gasteiger partial charge < -0.3 is 10.6 Å². The average Bonchev–Trinajstić information content (AvgIpc) is 3.07. The average molecular weight is 834 g/mol. The first-order valence-corrected chi connectivity index (χ1v) is 19.9. The van der Waals surface area contributed by atoms with Crippen LogP contribution < -0.4 is 14.9 Å². The van der Waals surface area contributed by atoms with Crippen LogP contribution in [0.4, 0.5) is 34.1 Å². The van der Waals surface area contributed by atoms with Crippen molar-refractivity contribution in [3.8, 4) is 0 Å². The van der Waals surface area contributed by atoms with Gasteiger partial charge in [-0.25, -0.2) is 16.8 Å². The predicted octanol–water partition coefficient (Wildman–Crippen LogP) is 0.844. The van der Waals surface area contributed by atoms with Crippen LogP contribution in [0.15, 0.2) is 72.8 Å². The van der Waals surface area contributed by atoms with Crippen molar-refractivity contribution in [2.75, 3.05) is 55.5 Å². The van der Waals surface area contributed by atoms with Gasteiger partial charge in [0.25, 0.3) is 27.2 Å². The topological polar surface area (TPSA) is 346 Å². The number of rotatable bonds is 11. The Kier molecular flexibility index (Phi) is 17.7. The highest BCUT2D eigenvalue weighted by Gasteiger charge is 2.29. The number of nitro groups is 3. The lowest BCUT2D eigenvalue weighted by molar-refractivity contribution is -0.539. The van der Waals surface area contributed by atoms with Gasteiger partial charge in [-0.3, -0.25) is 39.2 Å². The molecule has 0 bridgehead atoms. The van der Waals surface area contributed by atoms with Crippen LogP contribution in [0.25, 0.3) is 0 Å². The largest absolute Gasteiger partial charge is 0.414 e.